The van der Waals surface area contributed by atoms with E-state index in [2.05, 4.69) is 56.6 Å². The molecule has 0 atom stereocenters. The first kappa shape index (κ1) is 22.1. The Labute approximate surface area is 187 Å². The molecule has 7 heteroatoms. The minimum absolute atomic E-state index is 0.238. The summed E-state index contributed by atoms with van der Waals surface area (Å²) < 4.78 is 13.0. The van der Waals surface area contributed by atoms with Crippen LogP contribution in [0.1, 0.15) is 31.9 Å². The van der Waals surface area contributed by atoms with Crippen molar-refractivity contribution in [2.45, 2.75) is 39.7 Å². The molecular formula is C20H23I2NO4. The first-order chi connectivity index (χ1) is 12.5. The lowest BCUT2D eigenvalue weighted by molar-refractivity contribution is 0.0528. The Morgan fingerprint density at radius 2 is 1.85 bits per heavy atom. The van der Waals surface area contributed by atoms with Gasteiger partial charge >= 0.3 is 6.09 Å². The van der Waals surface area contributed by atoms with Crippen LogP contribution in [0.25, 0.3) is 0 Å². The van der Waals surface area contributed by atoms with E-state index >= 15 is 0 Å². The summed E-state index contributed by atoms with van der Waals surface area (Å²) in [5, 5.41) is 12.4. The Kier molecular flexibility index (Phi) is 7.61. The third-order valence-electron chi connectivity index (χ3n) is 3.51. The van der Waals surface area contributed by atoms with Crippen LogP contribution in [0.5, 0.6) is 17.2 Å². The zero-order valence-electron chi connectivity index (χ0n) is 15.7. The lowest BCUT2D eigenvalue weighted by Gasteiger charge is -2.19. The van der Waals surface area contributed by atoms with Crippen molar-refractivity contribution >= 4 is 51.3 Å². The molecule has 27 heavy (non-hydrogen) atoms. The number of aromatic hydroxyl groups is 1. The summed E-state index contributed by atoms with van der Waals surface area (Å²) >= 11 is 4.32. The summed E-state index contributed by atoms with van der Waals surface area (Å²) in [5.41, 5.74) is 1.62. The molecular weight excluding hydrogens is 572 g/mol. The number of alkyl carbamates (subject to hydrolysis) is 1. The van der Waals surface area contributed by atoms with Gasteiger partial charge in [-0.1, -0.05) is 6.07 Å². The van der Waals surface area contributed by atoms with E-state index in [0.29, 0.717) is 18.7 Å². The number of ether oxygens (including phenoxy) is 2. The monoisotopic (exact) mass is 595 g/mol. The van der Waals surface area contributed by atoms with Crippen LogP contribution in [-0.2, 0) is 11.2 Å². The van der Waals surface area contributed by atoms with Gasteiger partial charge in [0.05, 0.1) is 7.14 Å². The summed E-state index contributed by atoms with van der Waals surface area (Å²) in [5.74, 6) is 1.71. The zero-order chi connectivity index (χ0) is 20.2. The first-order valence-electron chi connectivity index (χ1n) is 8.47. The molecule has 2 aromatic carbocycles. The number of amides is 1. The molecule has 0 radical (unpaired) electrons. The highest BCUT2D eigenvalue weighted by Gasteiger charge is 2.16. The van der Waals surface area contributed by atoms with Gasteiger partial charge in [0.2, 0.25) is 0 Å². The molecule has 0 aromatic heterocycles. The van der Waals surface area contributed by atoms with E-state index in [4.69, 9.17) is 9.47 Å². The van der Waals surface area contributed by atoms with E-state index < -0.39 is 11.7 Å². The van der Waals surface area contributed by atoms with Crippen molar-refractivity contribution in [1.29, 1.82) is 0 Å². The maximum absolute atomic E-state index is 11.7. The molecule has 2 rings (SSSR count). The number of nitrogens with one attached hydrogen (secondary N) is 1. The van der Waals surface area contributed by atoms with E-state index in [1.165, 1.54) is 0 Å². The number of phenols is 1. The van der Waals surface area contributed by atoms with Crippen molar-refractivity contribution in [1.82, 2.24) is 5.32 Å². The van der Waals surface area contributed by atoms with Crippen LogP contribution in [0.15, 0.2) is 30.3 Å². The second-order valence-corrected chi connectivity index (χ2v) is 9.44. The van der Waals surface area contributed by atoms with Gasteiger partial charge in [-0.05, 0) is 115 Å². The lowest BCUT2D eigenvalue weighted by Crippen LogP contribution is -2.33. The van der Waals surface area contributed by atoms with E-state index in [1.54, 1.807) is 18.2 Å². The number of aryl methyl sites for hydroxylation is 1. The van der Waals surface area contributed by atoms with Crippen molar-refractivity contribution in [3.05, 3.63) is 48.6 Å². The molecule has 0 saturated heterocycles. The predicted octanol–water partition coefficient (Wildman–Crippen LogP) is 5.77. The third kappa shape index (κ3) is 7.02. The molecule has 0 fully saturated rings. The average Bonchev–Trinajstić information content (AvgIpc) is 2.52. The van der Waals surface area contributed by atoms with Gasteiger partial charge in [-0.25, -0.2) is 4.79 Å². The highest BCUT2D eigenvalue weighted by Crippen LogP contribution is 2.33. The van der Waals surface area contributed by atoms with Crippen molar-refractivity contribution in [2.75, 3.05) is 6.54 Å². The van der Waals surface area contributed by atoms with E-state index in [9.17, 15) is 9.90 Å². The fraction of sp³-hybridized carbons (Fsp3) is 0.350. The Morgan fingerprint density at radius 3 is 2.44 bits per heavy atom. The molecule has 146 valence electrons. The number of rotatable bonds is 5. The Bertz CT molecular complexity index is 808. The Balaban J connectivity index is 2.01. The van der Waals surface area contributed by atoms with Crippen molar-refractivity contribution in [3.8, 4) is 17.2 Å². The number of carbonyl (C=O) groups excluding carboxylic acids is 1. The van der Waals surface area contributed by atoms with Gasteiger partial charge < -0.3 is 19.9 Å². The van der Waals surface area contributed by atoms with Gasteiger partial charge in [0.1, 0.15) is 22.8 Å². The molecule has 0 aliphatic heterocycles. The van der Waals surface area contributed by atoms with Gasteiger partial charge in [0.25, 0.3) is 0 Å². The van der Waals surface area contributed by atoms with Crippen LogP contribution in [0, 0.1) is 14.1 Å². The fourth-order valence-corrected chi connectivity index (χ4v) is 3.79. The Hall–Kier alpha value is -1.23. The first-order valence-corrected chi connectivity index (χ1v) is 10.6. The molecule has 0 aliphatic carbocycles. The van der Waals surface area contributed by atoms with Gasteiger partial charge in [-0.2, -0.15) is 0 Å². The lowest BCUT2D eigenvalue weighted by atomic mass is 10.1. The quantitative estimate of drug-likeness (QED) is 0.431. The number of phenolic OH excluding ortho intramolecular Hbond substituents is 1. The standard InChI is InChI=1S/C20H23I2NO4/c1-12-9-13(7-8-23-19(25)27-20(2,3)4)10-16(22)18(12)26-14-5-6-17(24)15(21)11-14/h5-6,9-11,24H,7-8H2,1-4H3,(H,23,25). The van der Waals surface area contributed by atoms with Crippen molar-refractivity contribution in [2.24, 2.45) is 0 Å². The summed E-state index contributed by atoms with van der Waals surface area (Å²) in [6.07, 6.45) is 0.295. The fourth-order valence-electron chi connectivity index (χ4n) is 2.37. The van der Waals surface area contributed by atoms with Crippen LogP contribution in [-0.4, -0.2) is 23.3 Å². The largest absolute Gasteiger partial charge is 0.507 e. The van der Waals surface area contributed by atoms with Gasteiger partial charge in [-0.3, -0.25) is 0 Å². The zero-order valence-corrected chi connectivity index (χ0v) is 20.0. The normalized spacial score (nSPS) is 11.2. The molecule has 5 nitrogen and oxygen atoms in total. The van der Waals surface area contributed by atoms with E-state index in [1.807, 2.05) is 33.8 Å². The molecule has 0 saturated carbocycles. The number of hydrogen-bond acceptors (Lipinski definition) is 4. The summed E-state index contributed by atoms with van der Waals surface area (Å²) in [6.45, 7) is 8.01. The summed E-state index contributed by atoms with van der Waals surface area (Å²) in [6, 6.07) is 9.26. The maximum Gasteiger partial charge on any atom is 0.407 e. The molecule has 0 spiro atoms. The Morgan fingerprint density at radius 1 is 1.15 bits per heavy atom. The van der Waals surface area contributed by atoms with Gasteiger partial charge in [0.15, 0.2) is 0 Å². The van der Waals surface area contributed by atoms with E-state index in [-0.39, 0.29) is 5.75 Å². The van der Waals surface area contributed by atoms with Gasteiger partial charge in [0, 0.05) is 6.54 Å². The maximum atomic E-state index is 11.7. The molecule has 1 amide bonds. The second-order valence-electron chi connectivity index (χ2n) is 7.12. The molecule has 0 bridgehead atoms. The van der Waals surface area contributed by atoms with Crippen LogP contribution in [0.4, 0.5) is 4.79 Å². The predicted molar refractivity (Wildman–Crippen MR) is 123 cm³/mol. The number of hydrogen-bond donors (Lipinski definition) is 2. The molecule has 2 N–H and O–H groups in total. The van der Waals surface area contributed by atoms with Crippen LogP contribution >= 0.6 is 45.2 Å². The van der Waals surface area contributed by atoms with Gasteiger partial charge in [-0.15, -0.1) is 0 Å². The topological polar surface area (TPSA) is 67.8 Å². The minimum Gasteiger partial charge on any atom is -0.507 e. The van der Waals surface area contributed by atoms with Crippen LogP contribution in [0.2, 0.25) is 0 Å². The van der Waals surface area contributed by atoms with Crippen LogP contribution < -0.4 is 10.1 Å². The smallest absolute Gasteiger partial charge is 0.407 e. The molecule has 2 aromatic rings. The summed E-state index contributed by atoms with van der Waals surface area (Å²) in [7, 11) is 0. The second kappa shape index (κ2) is 9.31. The van der Waals surface area contributed by atoms with Crippen LogP contribution in [0.3, 0.4) is 0 Å². The number of halogens is 2. The SMILES string of the molecule is Cc1cc(CCNC(=O)OC(C)(C)C)cc(I)c1Oc1ccc(O)c(I)c1. The van der Waals surface area contributed by atoms with Crippen molar-refractivity contribution in [3.63, 3.8) is 0 Å². The number of carbonyl (C=O) groups is 1. The molecule has 0 aliphatic rings. The highest BCUT2D eigenvalue weighted by atomic mass is 127. The average molecular weight is 595 g/mol. The highest BCUT2D eigenvalue weighted by molar-refractivity contribution is 14.1. The van der Waals surface area contributed by atoms with Crippen molar-refractivity contribution < 1.29 is 19.4 Å². The molecule has 0 heterocycles. The minimum atomic E-state index is -0.499. The summed E-state index contributed by atoms with van der Waals surface area (Å²) in [4.78, 5) is 11.7. The molecule has 0 unspecified atom stereocenters. The number of benzene rings is 2. The van der Waals surface area contributed by atoms with E-state index in [0.717, 1.165) is 24.0 Å². The third-order valence-corrected chi connectivity index (χ3v) is 5.18.